The van der Waals surface area contributed by atoms with Crippen LogP contribution in [0.15, 0.2) is 41.4 Å². The first-order valence-electron chi connectivity index (χ1n) is 9.43. The summed E-state index contributed by atoms with van der Waals surface area (Å²) in [6.45, 7) is 2.75. The van der Waals surface area contributed by atoms with Crippen molar-refractivity contribution in [3.63, 3.8) is 0 Å². The number of pyridine rings is 1. The van der Waals surface area contributed by atoms with Gasteiger partial charge in [-0.2, -0.15) is 4.31 Å². The van der Waals surface area contributed by atoms with E-state index in [0.717, 1.165) is 15.4 Å². The lowest BCUT2D eigenvalue weighted by atomic mass is 10.1. The van der Waals surface area contributed by atoms with Crippen molar-refractivity contribution in [2.24, 2.45) is 0 Å². The number of nitrogens with zero attached hydrogens (tertiary/aromatic N) is 2. The number of benzene rings is 1. The second-order valence-electron chi connectivity index (χ2n) is 7.22. The molecule has 1 saturated heterocycles. The van der Waals surface area contributed by atoms with Gasteiger partial charge >= 0.3 is 5.97 Å². The maximum absolute atomic E-state index is 13.1. The maximum atomic E-state index is 13.1. The van der Waals surface area contributed by atoms with Gasteiger partial charge in [0.1, 0.15) is 6.04 Å². The fraction of sp³-hybridized carbons (Fsp3) is 0.350. The van der Waals surface area contributed by atoms with Crippen molar-refractivity contribution in [3.05, 3.63) is 52.8 Å². The Hall–Kier alpha value is -2.53. The first-order chi connectivity index (χ1) is 14.6. The molecule has 31 heavy (non-hydrogen) atoms. The number of hydrogen-bond acceptors (Lipinski definition) is 7. The highest BCUT2D eigenvalue weighted by atomic mass is 35.5. The molecule has 2 N–H and O–H groups in total. The molecule has 2 atom stereocenters. The van der Waals surface area contributed by atoms with Gasteiger partial charge in [0, 0.05) is 19.2 Å². The highest BCUT2D eigenvalue weighted by molar-refractivity contribution is 7.89. The summed E-state index contributed by atoms with van der Waals surface area (Å²) in [6.07, 6.45) is 0.300. The summed E-state index contributed by atoms with van der Waals surface area (Å²) in [4.78, 5) is 28.5. The normalized spacial score (nSPS) is 19.2. The second-order valence-corrected chi connectivity index (χ2v) is 9.47. The zero-order chi connectivity index (χ0) is 22.8. The highest BCUT2D eigenvalue weighted by Crippen LogP contribution is 2.28. The number of anilines is 1. The minimum absolute atomic E-state index is 0.0199. The molecule has 1 amide bonds. The number of aryl methyl sites for hydroxylation is 2. The van der Waals surface area contributed by atoms with Crippen LogP contribution in [0.5, 0.6) is 0 Å². The zero-order valence-electron chi connectivity index (χ0n) is 16.9. The Morgan fingerprint density at radius 2 is 2.03 bits per heavy atom. The first kappa shape index (κ1) is 23.1. The summed E-state index contributed by atoms with van der Waals surface area (Å²) >= 11 is 5.86. The van der Waals surface area contributed by atoms with E-state index in [9.17, 15) is 23.1 Å². The molecular formula is C20H22ClN3O6S. The Labute approximate surface area is 185 Å². The number of sulfonamides is 1. The van der Waals surface area contributed by atoms with Gasteiger partial charge in [-0.1, -0.05) is 17.7 Å². The molecule has 1 aromatic carbocycles. The zero-order valence-corrected chi connectivity index (χ0v) is 18.5. The van der Waals surface area contributed by atoms with E-state index in [0.29, 0.717) is 0 Å². The fourth-order valence-corrected chi connectivity index (χ4v) is 5.05. The van der Waals surface area contributed by atoms with Gasteiger partial charge in [-0.05, 0) is 49.2 Å². The first-order valence-corrected chi connectivity index (χ1v) is 11.3. The van der Waals surface area contributed by atoms with Crippen LogP contribution in [0.4, 0.5) is 5.69 Å². The maximum Gasteiger partial charge on any atom is 0.325 e. The number of hydrogen-bond donors (Lipinski definition) is 2. The Bertz CT molecular complexity index is 1110. The average molecular weight is 468 g/mol. The van der Waals surface area contributed by atoms with Crippen LogP contribution in [0.1, 0.15) is 17.5 Å². The number of esters is 1. The van der Waals surface area contributed by atoms with Gasteiger partial charge in [0.15, 0.2) is 11.8 Å². The molecule has 166 valence electrons. The van der Waals surface area contributed by atoms with Gasteiger partial charge < -0.3 is 15.2 Å². The summed E-state index contributed by atoms with van der Waals surface area (Å²) in [6, 6.07) is 6.51. The van der Waals surface area contributed by atoms with Crippen molar-refractivity contribution in [1.29, 1.82) is 0 Å². The van der Waals surface area contributed by atoms with Crippen molar-refractivity contribution in [3.8, 4) is 0 Å². The number of aromatic nitrogens is 1. The number of aliphatic hydroxyl groups is 1. The number of ether oxygens (including phenoxy) is 1. The van der Waals surface area contributed by atoms with E-state index in [2.05, 4.69) is 10.3 Å². The molecule has 0 radical (unpaired) electrons. The van der Waals surface area contributed by atoms with E-state index in [4.69, 9.17) is 16.3 Å². The minimum atomic E-state index is -4.05. The topological polar surface area (TPSA) is 126 Å². The SMILES string of the molecule is Cc1ccc(S(=O)(=O)N2CC(O)C[C@H]2C(=O)OCC(=O)Nc2cccnc2Cl)cc1C. The predicted molar refractivity (Wildman–Crippen MR) is 113 cm³/mol. The Morgan fingerprint density at radius 1 is 1.29 bits per heavy atom. The molecule has 1 aliphatic heterocycles. The van der Waals surface area contributed by atoms with E-state index < -0.39 is 40.7 Å². The number of aliphatic hydroxyl groups excluding tert-OH is 1. The van der Waals surface area contributed by atoms with Gasteiger partial charge in [0.2, 0.25) is 10.0 Å². The molecule has 0 aliphatic carbocycles. The van der Waals surface area contributed by atoms with Crippen LogP contribution in [0.25, 0.3) is 0 Å². The van der Waals surface area contributed by atoms with Crippen LogP contribution in [-0.2, 0) is 24.3 Å². The van der Waals surface area contributed by atoms with Gasteiger partial charge in [0.25, 0.3) is 5.91 Å². The van der Waals surface area contributed by atoms with Crippen molar-refractivity contribution < 1.29 is 27.9 Å². The van der Waals surface area contributed by atoms with E-state index in [1.54, 1.807) is 19.1 Å². The van der Waals surface area contributed by atoms with Crippen LogP contribution >= 0.6 is 11.6 Å². The average Bonchev–Trinajstić information content (AvgIpc) is 3.12. The lowest BCUT2D eigenvalue weighted by molar-refractivity contribution is -0.150. The molecular weight excluding hydrogens is 446 g/mol. The summed E-state index contributed by atoms with van der Waals surface area (Å²) < 4.78 is 32.1. The second kappa shape index (κ2) is 9.31. The Morgan fingerprint density at radius 3 is 2.71 bits per heavy atom. The fourth-order valence-electron chi connectivity index (χ4n) is 3.17. The lowest BCUT2D eigenvalue weighted by Crippen LogP contribution is -2.42. The van der Waals surface area contributed by atoms with E-state index in [1.165, 1.54) is 24.4 Å². The molecule has 1 aliphatic rings. The summed E-state index contributed by atoms with van der Waals surface area (Å²) in [5.41, 5.74) is 1.96. The molecule has 1 unspecified atom stereocenters. The van der Waals surface area contributed by atoms with Gasteiger partial charge in [-0.15, -0.1) is 0 Å². The molecule has 3 rings (SSSR count). The smallest absolute Gasteiger partial charge is 0.325 e. The number of carbonyl (C=O) groups excluding carboxylic acids is 2. The van der Waals surface area contributed by atoms with E-state index in [-0.39, 0.29) is 28.7 Å². The highest BCUT2D eigenvalue weighted by Gasteiger charge is 2.44. The van der Waals surface area contributed by atoms with Gasteiger partial charge in [-0.25, -0.2) is 13.4 Å². The van der Waals surface area contributed by atoms with Crippen LogP contribution in [0.2, 0.25) is 5.15 Å². The van der Waals surface area contributed by atoms with E-state index in [1.807, 2.05) is 6.92 Å². The quantitative estimate of drug-likeness (QED) is 0.488. The van der Waals surface area contributed by atoms with Crippen molar-refractivity contribution in [2.45, 2.75) is 37.3 Å². The molecule has 0 spiro atoms. The molecule has 0 saturated carbocycles. The number of carbonyl (C=O) groups is 2. The predicted octanol–water partition coefficient (Wildman–Crippen LogP) is 1.66. The summed E-state index contributed by atoms with van der Waals surface area (Å²) in [7, 11) is -4.05. The van der Waals surface area contributed by atoms with Crippen molar-refractivity contribution >= 4 is 39.2 Å². The number of β-amino-alcohol motifs (C(OH)–C–C–N with tert-alkyl or cyclic N) is 1. The molecule has 11 heteroatoms. The van der Waals surface area contributed by atoms with Gasteiger partial charge in [-0.3, -0.25) is 9.59 Å². The monoisotopic (exact) mass is 467 g/mol. The Kier molecular flexibility index (Phi) is 6.95. The molecule has 1 aromatic heterocycles. The van der Waals surface area contributed by atoms with Gasteiger partial charge in [0.05, 0.1) is 16.7 Å². The standard InChI is InChI=1S/C20H22ClN3O6S/c1-12-5-6-15(8-13(12)2)31(28,29)24-10-14(25)9-17(24)20(27)30-11-18(26)23-16-4-3-7-22-19(16)21/h3-8,14,17,25H,9-11H2,1-2H3,(H,23,26)/t14?,17-/m0/s1. The van der Waals surface area contributed by atoms with Crippen LogP contribution in [-0.4, -0.2) is 60.0 Å². The minimum Gasteiger partial charge on any atom is -0.454 e. The molecule has 9 nitrogen and oxygen atoms in total. The van der Waals surface area contributed by atoms with Crippen LogP contribution < -0.4 is 5.32 Å². The summed E-state index contributed by atoms with van der Waals surface area (Å²) in [5.74, 6) is -1.58. The third-order valence-electron chi connectivity index (χ3n) is 4.97. The molecule has 2 heterocycles. The van der Waals surface area contributed by atoms with Crippen molar-refractivity contribution in [1.82, 2.24) is 9.29 Å². The molecule has 0 bridgehead atoms. The number of rotatable bonds is 6. The third kappa shape index (κ3) is 5.21. The third-order valence-corrected chi connectivity index (χ3v) is 7.14. The summed E-state index contributed by atoms with van der Waals surface area (Å²) in [5, 5.41) is 12.5. The van der Waals surface area contributed by atoms with Crippen LogP contribution in [0.3, 0.4) is 0 Å². The van der Waals surface area contributed by atoms with Crippen LogP contribution in [0, 0.1) is 13.8 Å². The van der Waals surface area contributed by atoms with Crippen molar-refractivity contribution in [2.75, 3.05) is 18.5 Å². The number of nitrogens with one attached hydrogen (secondary N) is 1. The molecule has 1 fully saturated rings. The lowest BCUT2D eigenvalue weighted by Gasteiger charge is -2.22. The largest absolute Gasteiger partial charge is 0.454 e. The number of amides is 1. The Balaban J connectivity index is 1.70. The van der Waals surface area contributed by atoms with E-state index >= 15 is 0 Å². The number of halogens is 1. The molecule has 2 aromatic rings.